The van der Waals surface area contributed by atoms with E-state index in [0.29, 0.717) is 25.4 Å². The monoisotopic (exact) mass is 902 g/mol. The average molecular weight is 903 g/mol. The zero-order valence-electron chi connectivity index (χ0n) is 37.2. The van der Waals surface area contributed by atoms with Crippen LogP contribution in [0, 0.1) is 58.2 Å². The molecule has 0 bridgehead atoms. The van der Waals surface area contributed by atoms with Gasteiger partial charge in [0.15, 0.2) is 24.7 Å². The molecule has 5 heterocycles. The first kappa shape index (κ1) is 47.4. The van der Waals surface area contributed by atoms with E-state index in [0.717, 1.165) is 38.5 Å². The van der Waals surface area contributed by atoms with Crippen LogP contribution < -0.4 is 0 Å². The number of fused-ring (bicyclic) bond motifs is 7. The number of aliphatic hydroxyl groups excluding tert-OH is 10. The fraction of sp³-hybridized carbons (Fsp3) is 1.00. The number of hydrogen-bond acceptors (Lipinski definition) is 18. The van der Waals surface area contributed by atoms with Gasteiger partial charge >= 0.3 is 0 Å². The number of ether oxygens (including phenoxy) is 8. The molecule has 9 aliphatic rings. The van der Waals surface area contributed by atoms with Crippen LogP contribution in [0.15, 0.2) is 0 Å². The molecule has 10 N–H and O–H groups in total. The number of hydrogen-bond donors (Lipinski definition) is 10. The van der Waals surface area contributed by atoms with Crippen molar-refractivity contribution in [2.45, 2.75) is 196 Å². The summed E-state index contributed by atoms with van der Waals surface area (Å²) in [6.45, 7) is 9.71. The van der Waals surface area contributed by atoms with Crippen LogP contribution in [0.5, 0.6) is 0 Å². The van der Waals surface area contributed by atoms with Crippen molar-refractivity contribution in [2.24, 2.45) is 58.2 Å². The van der Waals surface area contributed by atoms with Crippen LogP contribution in [-0.2, 0) is 37.9 Å². The average Bonchev–Trinajstić information content (AvgIpc) is 3.67. The van der Waals surface area contributed by atoms with Crippen molar-refractivity contribution >= 4 is 0 Å². The van der Waals surface area contributed by atoms with Crippen LogP contribution in [0.3, 0.4) is 0 Å². The molecule has 0 radical (unpaired) electrons. The summed E-state index contributed by atoms with van der Waals surface area (Å²) in [5.41, 5.74) is -0.319. The zero-order chi connectivity index (χ0) is 45.1. The molecule has 0 amide bonds. The third-order valence-corrected chi connectivity index (χ3v) is 18.3. The molecule has 4 saturated carbocycles. The molecule has 28 atom stereocenters. The lowest BCUT2D eigenvalue weighted by Crippen LogP contribution is -2.65. The predicted molar refractivity (Wildman–Crippen MR) is 216 cm³/mol. The molecular weight excluding hydrogens is 828 g/mol. The van der Waals surface area contributed by atoms with Gasteiger partial charge < -0.3 is 89.0 Å². The van der Waals surface area contributed by atoms with Crippen molar-refractivity contribution in [3.05, 3.63) is 0 Å². The van der Waals surface area contributed by atoms with Crippen molar-refractivity contribution in [3.63, 3.8) is 0 Å². The second-order valence-corrected chi connectivity index (χ2v) is 21.7. The molecule has 0 unspecified atom stereocenters. The lowest BCUT2D eigenvalue weighted by Gasteiger charge is -2.62. The standard InChI is InChI=1S/C45H74O18/c1-18-8-11-45(57-16-18)20(3)29-39(63-45)33(52)30-22-7-6-21-12-26(24(48)13-44(21,5)23(22)9-10-43(29,30)4)58-42-36(55)34(53)38(28(15-47)60-42)62-40-19(2)37(32(51)27(14-46)59-40)61-41-35(54)31(50)25(49)17-56-41/h18-42,46-55H,6-17H2,1-5H3/t18-,19-,20+,21+,22-,23+,24-,25-,26-,27-,28-,29+,30-,31+,32-,33+,34-,35-,36-,37-,38+,39-,40+,41+,42-,43-,44+,45-/m1/s1. The lowest BCUT2D eigenvalue weighted by molar-refractivity contribution is -0.372. The van der Waals surface area contributed by atoms with Crippen LogP contribution in [0.4, 0.5) is 0 Å². The van der Waals surface area contributed by atoms with Gasteiger partial charge in [-0.25, -0.2) is 0 Å². The fourth-order valence-electron chi connectivity index (χ4n) is 14.7. The smallest absolute Gasteiger partial charge is 0.187 e. The van der Waals surface area contributed by atoms with Crippen molar-refractivity contribution in [3.8, 4) is 0 Å². The van der Waals surface area contributed by atoms with E-state index in [9.17, 15) is 51.1 Å². The highest BCUT2D eigenvalue weighted by Gasteiger charge is 2.72. The Morgan fingerprint density at radius 1 is 0.619 bits per heavy atom. The van der Waals surface area contributed by atoms with Crippen molar-refractivity contribution in [1.82, 2.24) is 0 Å². The molecule has 9 rings (SSSR count). The molecule has 9 fully saturated rings. The van der Waals surface area contributed by atoms with Crippen molar-refractivity contribution in [1.29, 1.82) is 0 Å². The Morgan fingerprint density at radius 2 is 1.32 bits per heavy atom. The Bertz CT molecular complexity index is 1580. The summed E-state index contributed by atoms with van der Waals surface area (Å²) in [6, 6.07) is 0. The first-order chi connectivity index (χ1) is 29.9. The molecule has 0 aromatic rings. The molecule has 18 nitrogen and oxygen atoms in total. The Balaban J connectivity index is 0.839. The Labute approximate surface area is 369 Å². The molecule has 5 saturated heterocycles. The molecule has 4 aliphatic carbocycles. The van der Waals surface area contributed by atoms with Gasteiger partial charge in [-0.1, -0.05) is 34.6 Å². The van der Waals surface area contributed by atoms with Gasteiger partial charge in [-0.2, -0.15) is 0 Å². The van der Waals surface area contributed by atoms with E-state index >= 15 is 0 Å². The molecule has 0 aromatic heterocycles. The second-order valence-electron chi connectivity index (χ2n) is 21.7. The normalized spacial score (nSPS) is 59.4. The minimum atomic E-state index is -1.68. The Hall–Kier alpha value is -0.720. The van der Waals surface area contributed by atoms with E-state index in [-0.39, 0.29) is 59.0 Å². The Kier molecular flexibility index (Phi) is 13.3. The summed E-state index contributed by atoms with van der Waals surface area (Å²) in [5, 5.41) is 109. The molecular formula is C45H74O18. The topological polar surface area (TPSA) is 276 Å². The quantitative estimate of drug-likeness (QED) is 0.133. The molecule has 1 spiro atoms. The summed E-state index contributed by atoms with van der Waals surface area (Å²) < 4.78 is 49.0. The van der Waals surface area contributed by atoms with E-state index in [1.54, 1.807) is 6.92 Å². The maximum atomic E-state index is 12.2. The van der Waals surface area contributed by atoms with Gasteiger partial charge in [0.2, 0.25) is 0 Å². The van der Waals surface area contributed by atoms with Crippen LogP contribution in [0.25, 0.3) is 0 Å². The molecule has 63 heavy (non-hydrogen) atoms. The SMILES string of the molecule is C[C@@H]1CC[C@@]2(OC1)O[C@H]1[C@@H](O)[C@H]3[C@@H]4CC[C@H]5C[C@@H](O[C@@H]6O[C@H](CO)[C@H](O[C@@H]7O[C@H](CO)[C@@H](O)[C@H](O[C@@H]8OC[C@@H](O)[C@H](O)[C@H]8O)[C@H]7C)[C@H](O)[C@H]6O)[C@H](O)C[C@]5(C)[C@H]4CC[C@]3(C)[C@H]1[C@@H]2C. The first-order valence-electron chi connectivity index (χ1n) is 23.7. The Morgan fingerprint density at radius 3 is 2.02 bits per heavy atom. The highest BCUT2D eigenvalue weighted by molar-refractivity contribution is 5.19. The minimum absolute atomic E-state index is 0.0816. The number of rotatable bonds is 8. The van der Waals surface area contributed by atoms with Gasteiger partial charge in [-0.3, -0.25) is 0 Å². The van der Waals surface area contributed by atoms with Crippen LogP contribution in [0.2, 0.25) is 0 Å². The van der Waals surface area contributed by atoms with Crippen LogP contribution in [-0.4, -0.2) is 188 Å². The van der Waals surface area contributed by atoms with Gasteiger partial charge in [0.1, 0.15) is 54.9 Å². The zero-order valence-corrected chi connectivity index (χ0v) is 37.2. The van der Waals surface area contributed by atoms with E-state index in [2.05, 4.69) is 27.7 Å². The van der Waals surface area contributed by atoms with Gasteiger partial charge in [-0.15, -0.1) is 0 Å². The molecule has 18 heteroatoms. The first-order valence-corrected chi connectivity index (χ1v) is 23.7. The maximum absolute atomic E-state index is 12.2. The molecule has 362 valence electrons. The van der Waals surface area contributed by atoms with Gasteiger partial charge in [0.25, 0.3) is 0 Å². The highest BCUT2D eigenvalue weighted by Crippen LogP contribution is 2.71. The van der Waals surface area contributed by atoms with Gasteiger partial charge in [0.05, 0.1) is 56.9 Å². The maximum Gasteiger partial charge on any atom is 0.187 e. The van der Waals surface area contributed by atoms with Crippen LogP contribution in [0.1, 0.15) is 86.0 Å². The van der Waals surface area contributed by atoms with Crippen molar-refractivity contribution < 1.29 is 89.0 Å². The van der Waals surface area contributed by atoms with Gasteiger partial charge in [-0.05, 0) is 85.4 Å². The summed E-state index contributed by atoms with van der Waals surface area (Å²) in [6.07, 6.45) is -14.6. The van der Waals surface area contributed by atoms with E-state index in [4.69, 9.17) is 37.9 Å². The third kappa shape index (κ3) is 7.70. The summed E-state index contributed by atoms with van der Waals surface area (Å²) >= 11 is 0. The predicted octanol–water partition coefficient (Wildman–Crippen LogP) is -0.878. The van der Waals surface area contributed by atoms with Crippen molar-refractivity contribution in [2.75, 3.05) is 26.4 Å². The third-order valence-electron chi connectivity index (χ3n) is 18.3. The highest BCUT2D eigenvalue weighted by atomic mass is 16.8. The molecule has 0 aromatic carbocycles. The fourth-order valence-corrected chi connectivity index (χ4v) is 14.7. The van der Waals surface area contributed by atoms with Crippen LogP contribution >= 0.6 is 0 Å². The van der Waals surface area contributed by atoms with E-state index in [1.807, 2.05) is 0 Å². The summed E-state index contributed by atoms with van der Waals surface area (Å²) in [5.74, 6) is 0.205. The van der Waals surface area contributed by atoms with Gasteiger partial charge in [0, 0.05) is 24.2 Å². The minimum Gasteiger partial charge on any atom is -0.394 e. The summed E-state index contributed by atoms with van der Waals surface area (Å²) in [4.78, 5) is 0. The summed E-state index contributed by atoms with van der Waals surface area (Å²) in [7, 11) is 0. The molecule has 5 aliphatic heterocycles. The lowest BCUT2D eigenvalue weighted by atomic mass is 9.44. The largest absolute Gasteiger partial charge is 0.394 e. The number of aliphatic hydroxyl groups is 10. The van der Waals surface area contributed by atoms with E-state index < -0.39 is 123 Å². The van der Waals surface area contributed by atoms with E-state index in [1.165, 1.54) is 0 Å². The second kappa shape index (κ2) is 17.7.